The highest BCUT2D eigenvalue weighted by Crippen LogP contribution is 2.16. The average Bonchev–Trinajstić information content (AvgIpc) is 2.87. The van der Waals surface area contributed by atoms with Crippen molar-refractivity contribution in [3.8, 4) is 0 Å². The quantitative estimate of drug-likeness (QED) is 0.760. The van der Waals surface area contributed by atoms with Crippen LogP contribution in [-0.4, -0.2) is 19.8 Å². The molecule has 0 unspecified atom stereocenters. The molecule has 86 valence electrons. The summed E-state index contributed by atoms with van der Waals surface area (Å²) in [5, 5.41) is 12.9. The number of aryl methyl sites for hydroxylation is 2. The molecule has 0 aliphatic heterocycles. The highest BCUT2D eigenvalue weighted by atomic mass is 32.1. The van der Waals surface area contributed by atoms with Gasteiger partial charge in [0.05, 0.1) is 0 Å². The van der Waals surface area contributed by atoms with Gasteiger partial charge in [0.15, 0.2) is 5.82 Å². The molecular weight excluding hydrogens is 234 g/mol. The molecular formula is C11H11N5S. The molecule has 0 atom stereocenters. The van der Waals surface area contributed by atoms with Gasteiger partial charge in [-0.3, -0.25) is 0 Å². The van der Waals surface area contributed by atoms with Gasteiger partial charge in [-0.15, -0.1) is 15.3 Å². The molecule has 0 saturated heterocycles. The van der Waals surface area contributed by atoms with Gasteiger partial charge in [-0.1, -0.05) is 41.7 Å². The molecule has 0 saturated carbocycles. The summed E-state index contributed by atoms with van der Waals surface area (Å²) in [5.74, 6) is 0.858. The minimum absolute atomic E-state index is 0.524. The lowest BCUT2D eigenvalue weighted by molar-refractivity contribution is 0.794. The fraction of sp³-hybridized carbons (Fsp3) is 0.182. The Morgan fingerprint density at radius 1 is 1.12 bits per heavy atom. The van der Waals surface area contributed by atoms with Crippen molar-refractivity contribution in [2.75, 3.05) is 5.73 Å². The summed E-state index contributed by atoms with van der Waals surface area (Å²) >= 11 is 1.35. The minimum Gasteiger partial charge on any atom is -0.374 e. The van der Waals surface area contributed by atoms with E-state index in [2.05, 4.69) is 27.4 Å². The lowest BCUT2D eigenvalue weighted by Gasteiger charge is -1.98. The van der Waals surface area contributed by atoms with Gasteiger partial charge >= 0.3 is 0 Å². The van der Waals surface area contributed by atoms with Crippen molar-refractivity contribution in [2.45, 2.75) is 12.8 Å². The number of nitrogens with two attached hydrogens (primary N) is 1. The standard InChI is InChI=1S/C11H11N5S/c12-10-15-16-9(13-14-11(16)17-10)7-6-8-4-2-1-3-5-8/h1-5H,6-7H2,(H2,12,15). The number of nitrogens with zero attached hydrogens (tertiary/aromatic N) is 4. The smallest absolute Gasteiger partial charge is 0.236 e. The van der Waals surface area contributed by atoms with Crippen molar-refractivity contribution in [1.29, 1.82) is 0 Å². The Morgan fingerprint density at radius 2 is 1.94 bits per heavy atom. The maximum Gasteiger partial charge on any atom is 0.236 e. The molecule has 2 aromatic heterocycles. The van der Waals surface area contributed by atoms with Crippen molar-refractivity contribution in [1.82, 2.24) is 19.8 Å². The van der Waals surface area contributed by atoms with Crippen LogP contribution in [0, 0.1) is 0 Å². The van der Waals surface area contributed by atoms with Crippen LogP contribution in [-0.2, 0) is 12.8 Å². The number of fused-ring (bicyclic) bond motifs is 1. The van der Waals surface area contributed by atoms with Gasteiger partial charge in [-0.05, 0) is 12.0 Å². The molecule has 0 spiro atoms. The Hall–Kier alpha value is -1.95. The first-order valence-electron chi connectivity index (χ1n) is 5.33. The lowest BCUT2D eigenvalue weighted by Crippen LogP contribution is -1.99. The van der Waals surface area contributed by atoms with Gasteiger partial charge in [0, 0.05) is 6.42 Å². The summed E-state index contributed by atoms with van der Waals surface area (Å²) in [6, 6.07) is 10.3. The Bertz CT molecular complexity index is 628. The van der Waals surface area contributed by atoms with Crippen LogP contribution in [0.1, 0.15) is 11.4 Å². The second-order valence-corrected chi connectivity index (χ2v) is 4.72. The van der Waals surface area contributed by atoms with Crippen LogP contribution in [0.25, 0.3) is 4.96 Å². The van der Waals surface area contributed by atoms with E-state index in [1.165, 1.54) is 16.9 Å². The monoisotopic (exact) mass is 245 g/mol. The van der Waals surface area contributed by atoms with E-state index in [1.54, 1.807) is 4.52 Å². The van der Waals surface area contributed by atoms with Crippen molar-refractivity contribution >= 4 is 21.4 Å². The highest BCUT2D eigenvalue weighted by Gasteiger charge is 2.09. The summed E-state index contributed by atoms with van der Waals surface area (Å²) in [5.41, 5.74) is 6.91. The molecule has 2 heterocycles. The summed E-state index contributed by atoms with van der Waals surface area (Å²) in [7, 11) is 0. The summed E-state index contributed by atoms with van der Waals surface area (Å²) in [4.78, 5) is 0.755. The van der Waals surface area contributed by atoms with E-state index in [1.807, 2.05) is 18.2 Å². The van der Waals surface area contributed by atoms with E-state index in [0.717, 1.165) is 23.6 Å². The second kappa shape index (κ2) is 4.14. The van der Waals surface area contributed by atoms with E-state index >= 15 is 0 Å². The summed E-state index contributed by atoms with van der Waals surface area (Å²) in [6.45, 7) is 0. The largest absolute Gasteiger partial charge is 0.374 e. The molecule has 3 rings (SSSR count). The first kappa shape index (κ1) is 10.2. The first-order chi connectivity index (χ1) is 8.33. The van der Waals surface area contributed by atoms with Crippen molar-refractivity contribution < 1.29 is 0 Å². The van der Waals surface area contributed by atoms with Crippen molar-refractivity contribution in [3.05, 3.63) is 41.7 Å². The zero-order valence-electron chi connectivity index (χ0n) is 9.08. The summed E-state index contributed by atoms with van der Waals surface area (Å²) < 4.78 is 1.73. The van der Waals surface area contributed by atoms with Crippen molar-refractivity contribution in [2.24, 2.45) is 0 Å². The van der Waals surface area contributed by atoms with Gasteiger partial charge in [0.2, 0.25) is 10.1 Å². The molecule has 2 N–H and O–H groups in total. The Kier molecular flexibility index (Phi) is 2.49. The Morgan fingerprint density at radius 3 is 2.76 bits per heavy atom. The van der Waals surface area contributed by atoms with Crippen LogP contribution in [0.15, 0.2) is 30.3 Å². The van der Waals surface area contributed by atoms with Gasteiger partial charge in [-0.25, -0.2) is 0 Å². The number of rotatable bonds is 3. The summed E-state index contributed by atoms with van der Waals surface area (Å²) in [6.07, 6.45) is 1.74. The van der Waals surface area contributed by atoms with Crippen LogP contribution in [0.5, 0.6) is 0 Å². The molecule has 17 heavy (non-hydrogen) atoms. The van der Waals surface area contributed by atoms with Crippen LogP contribution in [0.2, 0.25) is 0 Å². The number of hydrogen-bond donors (Lipinski definition) is 1. The fourth-order valence-electron chi connectivity index (χ4n) is 1.73. The highest BCUT2D eigenvalue weighted by molar-refractivity contribution is 7.20. The minimum atomic E-state index is 0.524. The zero-order chi connectivity index (χ0) is 11.7. The number of nitrogen functional groups attached to an aromatic ring is 1. The second-order valence-electron chi connectivity index (χ2n) is 3.74. The third kappa shape index (κ3) is 1.99. The number of hydrogen-bond acceptors (Lipinski definition) is 5. The normalized spacial score (nSPS) is 11.1. The molecule has 0 fully saturated rings. The number of benzene rings is 1. The molecule has 0 aliphatic rings. The van der Waals surface area contributed by atoms with Crippen LogP contribution >= 0.6 is 11.3 Å². The molecule has 5 nitrogen and oxygen atoms in total. The fourth-order valence-corrected chi connectivity index (χ4v) is 2.35. The maximum atomic E-state index is 5.63. The van der Waals surface area contributed by atoms with Crippen molar-refractivity contribution in [3.63, 3.8) is 0 Å². The number of aromatic nitrogens is 4. The predicted molar refractivity (Wildman–Crippen MR) is 66.9 cm³/mol. The average molecular weight is 245 g/mol. The Balaban J connectivity index is 1.81. The van der Waals surface area contributed by atoms with E-state index in [4.69, 9.17) is 5.73 Å². The number of anilines is 1. The third-order valence-electron chi connectivity index (χ3n) is 2.55. The molecule has 6 heteroatoms. The van der Waals surface area contributed by atoms with Gasteiger partial charge in [0.1, 0.15) is 0 Å². The molecule has 0 amide bonds. The molecule has 0 aliphatic carbocycles. The van der Waals surface area contributed by atoms with Gasteiger partial charge < -0.3 is 5.73 Å². The zero-order valence-corrected chi connectivity index (χ0v) is 9.89. The van der Waals surface area contributed by atoms with E-state index in [0.29, 0.717) is 5.13 Å². The molecule has 1 aromatic carbocycles. The van der Waals surface area contributed by atoms with Gasteiger partial charge in [0.25, 0.3) is 0 Å². The van der Waals surface area contributed by atoms with Crippen LogP contribution < -0.4 is 5.73 Å². The van der Waals surface area contributed by atoms with Crippen LogP contribution in [0.4, 0.5) is 5.13 Å². The topological polar surface area (TPSA) is 69.1 Å². The predicted octanol–water partition coefficient (Wildman–Crippen LogP) is 1.55. The lowest BCUT2D eigenvalue weighted by atomic mass is 10.1. The van der Waals surface area contributed by atoms with Crippen LogP contribution in [0.3, 0.4) is 0 Å². The first-order valence-corrected chi connectivity index (χ1v) is 6.15. The molecule has 0 radical (unpaired) electrons. The van der Waals surface area contributed by atoms with E-state index < -0.39 is 0 Å². The van der Waals surface area contributed by atoms with E-state index in [-0.39, 0.29) is 0 Å². The maximum absolute atomic E-state index is 5.63. The molecule has 0 bridgehead atoms. The van der Waals surface area contributed by atoms with Gasteiger partial charge in [-0.2, -0.15) is 4.52 Å². The Labute approximate surface area is 102 Å². The van der Waals surface area contributed by atoms with E-state index in [9.17, 15) is 0 Å². The SMILES string of the molecule is Nc1nn2c(CCc3ccccc3)nnc2s1. The molecule has 3 aromatic rings. The third-order valence-corrected chi connectivity index (χ3v) is 3.28.